The maximum atomic E-state index is 8.49. The third kappa shape index (κ3) is 2.59. The van der Waals surface area contributed by atoms with Gasteiger partial charge >= 0.3 is 0 Å². The lowest BCUT2D eigenvalue weighted by Crippen LogP contribution is -2.03. The number of benzene rings is 1. The van der Waals surface area contributed by atoms with Gasteiger partial charge < -0.3 is 0 Å². The normalized spacial score (nSPS) is 14.3. The van der Waals surface area contributed by atoms with Crippen LogP contribution in [-0.2, 0) is 19.3 Å². The van der Waals surface area contributed by atoms with Crippen LogP contribution in [-0.4, -0.2) is 0 Å². The van der Waals surface area contributed by atoms with Crippen LogP contribution in [0.1, 0.15) is 42.4 Å². The van der Waals surface area contributed by atoms with Gasteiger partial charge in [0.15, 0.2) is 0 Å². The number of fused-ring (bicyclic) bond motifs is 1. The predicted octanol–water partition coefficient (Wildman–Crippen LogP) is 3.41. The SMILES string of the molecule is N#CCCCc1ccc2c(c1)CCCC2. The first kappa shape index (κ1) is 10.2. The van der Waals surface area contributed by atoms with Gasteiger partial charge in [0, 0.05) is 6.42 Å². The molecule has 0 aromatic heterocycles. The van der Waals surface area contributed by atoms with Crippen molar-refractivity contribution >= 4 is 0 Å². The summed E-state index contributed by atoms with van der Waals surface area (Å²) in [6.45, 7) is 0. The molecule has 0 aliphatic heterocycles. The highest BCUT2D eigenvalue weighted by Gasteiger charge is 2.08. The third-order valence-electron chi connectivity index (χ3n) is 3.17. The van der Waals surface area contributed by atoms with Gasteiger partial charge in [0.2, 0.25) is 0 Å². The van der Waals surface area contributed by atoms with Crippen LogP contribution >= 0.6 is 0 Å². The molecule has 1 aromatic rings. The molecule has 0 fully saturated rings. The Labute approximate surface area is 91.7 Å². The summed E-state index contributed by atoms with van der Waals surface area (Å²) < 4.78 is 0. The Balaban J connectivity index is 2.04. The summed E-state index contributed by atoms with van der Waals surface area (Å²) in [7, 11) is 0. The van der Waals surface area contributed by atoms with Gasteiger partial charge in [-0.15, -0.1) is 0 Å². The molecule has 0 amide bonds. The minimum Gasteiger partial charge on any atom is -0.198 e. The van der Waals surface area contributed by atoms with E-state index in [0.29, 0.717) is 6.42 Å². The van der Waals surface area contributed by atoms with E-state index in [1.807, 2.05) is 0 Å². The molecular formula is C14H17N. The van der Waals surface area contributed by atoms with E-state index in [2.05, 4.69) is 24.3 Å². The molecule has 1 heteroatoms. The Morgan fingerprint density at radius 1 is 1.13 bits per heavy atom. The van der Waals surface area contributed by atoms with Crippen LogP contribution in [0.15, 0.2) is 18.2 Å². The molecule has 0 unspecified atom stereocenters. The van der Waals surface area contributed by atoms with Crippen molar-refractivity contribution in [2.24, 2.45) is 0 Å². The number of nitrogens with zero attached hydrogens (tertiary/aromatic N) is 1. The lowest BCUT2D eigenvalue weighted by Gasteiger charge is -2.16. The fourth-order valence-corrected chi connectivity index (χ4v) is 2.31. The fourth-order valence-electron chi connectivity index (χ4n) is 2.31. The molecular weight excluding hydrogens is 182 g/mol. The van der Waals surface area contributed by atoms with Gasteiger partial charge in [-0.25, -0.2) is 0 Å². The van der Waals surface area contributed by atoms with Crippen molar-refractivity contribution < 1.29 is 0 Å². The topological polar surface area (TPSA) is 23.8 Å². The van der Waals surface area contributed by atoms with E-state index in [0.717, 1.165) is 12.8 Å². The number of aryl methyl sites for hydroxylation is 3. The van der Waals surface area contributed by atoms with Crippen molar-refractivity contribution in [3.8, 4) is 6.07 Å². The molecule has 1 nitrogen and oxygen atoms in total. The average molecular weight is 199 g/mol. The smallest absolute Gasteiger partial charge is 0.0621 e. The largest absolute Gasteiger partial charge is 0.198 e. The van der Waals surface area contributed by atoms with Crippen LogP contribution in [0.5, 0.6) is 0 Å². The summed E-state index contributed by atoms with van der Waals surface area (Å²) in [4.78, 5) is 0. The van der Waals surface area contributed by atoms with Crippen LogP contribution in [0.25, 0.3) is 0 Å². The average Bonchev–Trinajstić information content (AvgIpc) is 2.29. The van der Waals surface area contributed by atoms with E-state index in [1.165, 1.54) is 31.2 Å². The van der Waals surface area contributed by atoms with Crippen LogP contribution in [0.2, 0.25) is 0 Å². The molecule has 0 saturated heterocycles. The van der Waals surface area contributed by atoms with E-state index in [4.69, 9.17) is 5.26 Å². The molecule has 2 rings (SSSR count). The van der Waals surface area contributed by atoms with Crippen LogP contribution in [0.4, 0.5) is 0 Å². The molecule has 0 radical (unpaired) electrons. The van der Waals surface area contributed by atoms with Gasteiger partial charge in [-0.3, -0.25) is 0 Å². The highest BCUT2D eigenvalue weighted by atomic mass is 14.2. The van der Waals surface area contributed by atoms with Gasteiger partial charge in [0.05, 0.1) is 6.07 Å². The van der Waals surface area contributed by atoms with E-state index >= 15 is 0 Å². The van der Waals surface area contributed by atoms with E-state index < -0.39 is 0 Å². The summed E-state index contributed by atoms with van der Waals surface area (Å²) in [6, 6.07) is 9.08. The quantitative estimate of drug-likeness (QED) is 0.684. The summed E-state index contributed by atoms with van der Waals surface area (Å²) in [5.41, 5.74) is 4.51. The Morgan fingerprint density at radius 3 is 2.73 bits per heavy atom. The second kappa shape index (κ2) is 4.98. The molecule has 0 heterocycles. The van der Waals surface area contributed by atoms with Crippen LogP contribution in [0.3, 0.4) is 0 Å². The molecule has 0 atom stereocenters. The van der Waals surface area contributed by atoms with Crippen molar-refractivity contribution in [3.63, 3.8) is 0 Å². The molecule has 0 bridgehead atoms. The van der Waals surface area contributed by atoms with Crippen LogP contribution < -0.4 is 0 Å². The molecule has 78 valence electrons. The first-order valence-corrected chi connectivity index (χ1v) is 5.88. The Hall–Kier alpha value is -1.29. The number of hydrogen-bond donors (Lipinski definition) is 0. The lowest BCUT2D eigenvalue weighted by molar-refractivity contribution is 0.683. The maximum absolute atomic E-state index is 8.49. The first-order valence-electron chi connectivity index (χ1n) is 5.88. The number of hydrogen-bond acceptors (Lipinski definition) is 1. The van der Waals surface area contributed by atoms with Crippen molar-refractivity contribution in [2.75, 3.05) is 0 Å². The second-order valence-corrected chi connectivity index (χ2v) is 4.32. The minimum absolute atomic E-state index is 0.678. The monoisotopic (exact) mass is 199 g/mol. The number of rotatable bonds is 3. The summed E-state index contributed by atoms with van der Waals surface area (Å²) in [5.74, 6) is 0. The predicted molar refractivity (Wildman–Crippen MR) is 61.6 cm³/mol. The summed E-state index contributed by atoms with van der Waals surface area (Å²) in [6.07, 6.45) is 7.93. The number of nitriles is 1. The van der Waals surface area contributed by atoms with Gasteiger partial charge in [-0.1, -0.05) is 18.2 Å². The van der Waals surface area contributed by atoms with Crippen molar-refractivity contribution in [3.05, 3.63) is 34.9 Å². The van der Waals surface area contributed by atoms with E-state index in [9.17, 15) is 0 Å². The fraction of sp³-hybridized carbons (Fsp3) is 0.500. The van der Waals surface area contributed by atoms with E-state index in [-0.39, 0.29) is 0 Å². The van der Waals surface area contributed by atoms with E-state index in [1.54, 1.807) is 11.1 Å². The molecule has 0 spiro atoms. The Bertz CT molecular complexity index is 373. The standard InChI is InChI=1S/C14H17N/c15-10-4-3-5-12-8-9-13-6-1-2-7-14(13)11-12/h8-9,11H,1-7H2. The van der Waals surface area contributed by atoms with Crippen molar-refractivity contribution in [1.82, 2.24) is 0 Å². The maximum Gasteiger partial charge on any atom is 0.0621 e. The molecule has 1 aliphatic rings. The molecule has 1 aliphatic carbocycles. The molecule has 15 heavy (non-hydrogen) atoms. The zero-order valence-corrected chi connectivity index (χ0v) is 9.13. The Kier molecular flexibility index (Phi) is 3.40. The van der Waals surface area contributed by atoms with Gasteiger partial charge in [-0.05, 0) is 55.2 Å². The summed E-state index contributed by atoms with van der Waals surface area (Å²) >= 11 is 0. The molecule has 0 N–H and O–H groups in total. The van der Waals surface area contributed by atoms with Gasteiger partial charge in [0.25, 0.3) is 0 Å². The highest BCUT2D eigenvalue weighted by molar-refractivity contribution is 5.33. The lowest BCUT2D eigenvalue weighted by atomic mass is 9.89. The first-order chi connectivity index (χ1) is 7.40. The van der Waals surface area contributed by atoms with Gasteiger partial charge in [0.1, 0.15) is 0 Å². The molecule has 0 saturated carbocycles. The third-order valence-corrected chi connectivity index (χ3v) is 3.17. The highest BCUT2D eigenvalue weighted by Crippen LogP contribution is 2.22. The minimum atomic E-state index is 0.678. The zero-order chi connectivity index (χ0) is 10.5. The second-order valence-electron chi connectivity index (χ2n) is 4.32. The van der Waals surface area contributed by atoms with Crippen LogP contribution in [0, 0.1) is 11.3 Å². The zero-order valence-electron chi connectivity index (χ0n) is 9.13. The Morgan fingerprint density at radius 2 is 1.93 bits per heavy atom. The summed E-state index contributed by atoms with van der Waals surface area (Å²) in [5, 5.41) is 8.49. The molecule has 1 aromatic carbocycles. The number of unbranched alkanes of at least 4 members (excludes halogenated alkanes) is 1. The van der Waals surface area contributed by atoms with Crippen molar-refractivity contribution in [1.29, 1.82) is 5.26 Å². The van der Waals surface area contributed by atoms with Gasteiger partial charge in [-0.2, -0.15) is 5.26 Å². The van der Waals surface area contributed by atoms with Crippen molar-refractivity contribution in [2.45, 2.75) is 44.9 Å².